The molecule has 0 radical (unpaired) electrons. The number of thioether (sulfide) groups is 1. The van der Waals surface area contributed by atoms with Gasteiger partial charge in [-0.25, -0.2) is 0 Å². The number of carbonyl (C=O) groups is 2. The largest absolute Gasteiger partial charge is 0.452 e. The summed E-state index contributed by atoms with van der Waals surface area (Å²) in [6, 6.07) is 7.43. The van der Waals surface area contributed by atoms with E-state index >= 15 is 0 Å². The molecule has 1 fully saturated rings. The second kappa shape index (κ2) is 9.03. The molecular formula is C17H22N2O3S2. The molecule has 7 heteroatoms. The number of thiocarbonyl (C=S) groups is 1. The predicted octanol–water partition coefficient (Wildman–Crippen LogP) is 2.98. The highest BCUT2D eigenvalue weighted by Gasteiger charge is 2.20. The number of hydrogen-bond acceptors (Lipinski definition) is 5. The normalized spacial score (nSPS) is 15.0. The van der Waals surface area contributed by atoms with Crippen molar-refractivity contribution in [3.05, 3.63) is 29.8 Å². The van der Waals surface area contributed by atoms with E-state index in [4.69, 9.17) is 17.0 Å². The Kier molecular flexibility index (Phi) is 7.05. The molecule has 1 heterocycles. The second-order valence-electron chi connectivity index (χ2n) is 5.74. The monoisotopic (exact) mass is 366 g/mol. The lowest BCUT2D eigenvalue weighted by molar-refractivity contribution is -0.150. The van der Waals surface area contributed by atoms with Gasteiger partial charge < -0.3 is 15.0 Å². The highest BCUT2D eigenvalue weighted by atomic mass is 32.2. The third-order valence-corrected chi connectivity index (χ3v) is 5.17. The molecule has 1 amide bonds. The molecule has 0 aliphatic carbocycles. The van der Waals surface area contributed by atoms with Crippen molar-refractivity contribution in [1.82, 2.24) is 4.90 Å². The quantitative estimate of drug-likeness (QED) is 0.639. The number of ether oxygens (including phenoxy) is 1. The third kappa shape index (κ3) is 5.79. The number of carbonyl (C=O) groups excluding carboxylic acids is 2. The Morgan fingerprint density at radius 2 is 1.92 bits per heavy atom. The van der Waals surface area contributed by atoms with Gasteiger partial charge in [-0.15, -0.1) is 0 Å². The van der Waals surface area contributed by atoms with Crippen LogP contribution in [-0.4, -0.2) is 46.0 Å². The standard InChI is InChI=1S/C17H22N2O3S2/c1-12-5-7-14(8-6-12)18-16(21)13(2)22-15(20)11-24-17(23)19-9-3-4-10-19/h5-8,13H,3-4,9-11H2,1-2H3,(H,18,21)/t13-/m0/s1. The van der Waals surface area contributed by atoms with Crippen molar-refractivity contribution < 1.29 is 14.3 Å². The number of rotatable bonds is 5. The van der Waals surface area contributed by atoms with E-state index in [1.165, 1.54) is 11.8 Å². The Labute approximate surface area is 152 Å². The number of amides is 1. The average molecular weight is 367 g/mol. The summed E-state index contributed by atoms with van der Waals surface area (Å²) in [5, 5.41) is 2.73. The van der Waals surface area contributed by atoms with Crippen LogP contribution in [0.2, 0.25) is 0 Å². The van der Waals surface area contributed by atoms with E-state index in [0.29, 0.717) is 5.69 Å². The van der Waals surface area contributed by atoms with Crippen molar-refractivity contribution in [1.29, 1.82) is 0 Å². The molecule has 1 aliphatic heterocycles. The molecule has 1 saturated heterocycles. The van der Waals surface area contributed by atoms with E-state index in [2.05, 4.69) is 10.2 Å². The summed E-state index contributed by atoms with van der Waals surface area (Å²) in [6.45, 7) is 5.44. The fourth-order valence-corrected chi connectivity index (χ4v) is 3.31. The van der Waals surface area contributed by atoms with Gasteiger partial charge in [0.25, 0.3) is 5.91 Å². The number of benzene rings is 1. The maximum absolute atomic E-state index is 12.1. The van der Waals surface area contributed by atoms with Crippen LogP contribution >= 0.6 is 24.0 Å². The van der Waals surface area contributed by atoms with Crippen LogP contribution in [0.25, 0.3) is 0 Å². The third-order valence-electron chi connectivity index (χ3n) is 3.67. The number of aryl methyl sites for hydroxylation is 1. The lowest BCUT2D eigenvalue weighted by Crippen LogP contribution is -2.31. The molecule has 2 rings (SSSR count). The van der Waals surface area contributed by atoms with Crippen LogP contribution in [0.1, 0.15) is 25.3 Å². The van der Waals surface area contributed by atoms with Gasteiger partial charge in [0, 0.05) is 18.8 Å². The summed E-state index contributed by atoms with van der Waals surface area (Å²) in [5.41, 5.74) is 1.79. The number of likely N-dealkylation sites (tertiary alicyclic amines) is 1. The summed E-state index contributed by atoms with van der Waals surface area (Å²) in [7, 11) is 0. The molecule has 1 N–H and O–H groups in total. The molecule has 0 spiro atoms. The fraction of sp³-hybridized carbons (Fsp3) is 0.471. The Morgan fingerprint density at radius 1 is 1.29 bits per heavy atom. The van der Waals surface area contributed by atoms with E-state index in [-0.39, 0.29) is 11.7 Å². The molecule has 1 aliphatic rings. The number of hydrogen-bond donors (Lipinski definition) is 1. The molecule has 24 heavy (non-hydrogen) atoms. The summed E-state index contributed by atoms with van der Waals surface area (Å²) < 4.78 is 5.89. The first-order chi connectivity index (χ1) is 11.5. The first-order valence-electron chi connectivity index (χ1n) is 7.94. The van der Waals surface area contributed by atoms with Crippen molar-refractivity contribution in [2.24, 2.45) is 0 Å². The Hall–Kier alpha value is -1.60. The summed E-state index contributed by atoms with van der Waals surface area (Å²) >= 11 is 6.59. The minimum Gasteiger partial charge on any atom is -0.452 e. The van der Waals surface area contributed by atoms with Gasteiger partial charge in [-0.2, -0.15) is 0 Å². The number of nitrogens with zero attached hydrogens (tertiary/aromatic N) is 1. The average Bonchev–Trinajstić information content (AvgIpc) is 3.09. The minimum absolute atomic E-state index is 0.123. The van der Waals surface area contributed by atoms with Gasteiger partial charge in [-0.3, -0.25) is 9.59 Å². The Morgan fingerprint density at radius 3 is 2.54 bits per heavy atom. The predicted molar refractivity (Wildman–Crippen MR) is 101 cm³/mol. The molecule has 5 nitrogen and oxygen atoms in total. The number of esters is 1. The molecule has 1 atom stereocenters. The number of anilines is 1. The number of nitrogens with one attached hydrogen (secondary N) is 1. The fourth-order valence-electron chi connectivity index (χ4n) is 2.28. The van der Waals surface area contributed by atoms with Gasteiger partial charge >= 0.3 is 5.97 Å². The van der Waals surface area contributed by atoms with Gasteiger partial charge in [0.05, 0.1) is 5.75 Å². The van der Waals surface area contributed by atoms with Crippen LogP contribution in [0.4, 0.5) is 5.69 Å². The highest BCUT2D eigenvalue weighted by molar-refractivity contribution is 8.23. The lowest BCUT2D eigenvalue weighted by atomic mass is 10.2. The highest BCUT2D eigenvalue weighted by Crippen LogP contribution is 2.16. The van der Waals surface area contributed by atoms with Gasteiger partial charge in [0.1, 0.15) is 4.32 Å². The van der Waals surface area contributed by atoms with Crippen LogP contribution in [0.5, 0.6) is 0 Å². The van der Waals surface area contributed by atoms with Gasteiger partial charge in [-0.1, -0.05) is 41.7 Å². The van der Waals surface area contributed by atoms with Crippen molar-refractivity contribution in [3.63, 3.8) is 0 Å². The molecule has 0 bridgehead atoms. The zero-order valence-corrected chi connectivity index (χ0v) is 15.5. The van der Waals surface area contributed by atoms with Crippen molar-refractivity contribution in [2.45, 2.75) is 32.8 Å². The van der Waals surface area contributed by atoms with Crippen LogP contribution in [0.3, 0.4) is 0 Å². The molecule has 0 unspecified atom stereocenters. The lowest BCUT2D eigenvalue weighted by Gasteiger charge is -2.18. The van der Waals surface area contributed by atoms with Crippen molar-refractivity contribution in [2.75, 3.05) is 24.2 Å². The Balaban J connectivity index is 1.72. The topological polar surface area (TPSA) is 58.6 Å². The van der Waals surface area contributed by atoms with E-state index < -0.39 is 12.1 Å². The van der Waals surface area contributed by atoms with Crippen LogP contribution in [-0.2, 0) is 14.3 Å². The molecule has 0 aromatic heterocycles. The molecular weight excluding hydrogens is 344 g/mol. The van der Waals surface area contributed by atoms with Gasteiger partial charge in [0.2, 0.25) is 0 Å². The van der Waals surface area contributed by atoms with Crippen molar-refractivity contribution in [3.8, 4) is 0 Å². The summed E-state index contributed by atoms with van der Waals surface area (Å²) in [4.78, 5) is 26.0. The molecule has 1 aromatic rings. The molecule has 130 valence electrons. The van der Waals surface area contributed by atoms with E-state index in [1.807, 2.05) is 31.2 Å². The Bertz CT molecular complexity index is 598. The zero-order valence-electron chi connectivity index (χ0n) is 13.9. The van der Waals surface area contributed by atoms with Crippen LogP contribution in [0.15, 0.2) is 24.3 Å². The first kappa shape index (κ1) is 18.7. The van der Waals surface area contributed by atoms with Crippen LogP contribution in [0, 0.1) is 6.92 Å². The molecule has 1 aromatic carbocycles. The summed E-state index contributed by atoms with van der Waals surface area (Å²) in [6.07, 6.45) is 1.43. The van der Waals surface area contributed by atoms with Gasteiger partial charge in [-0.05, 0) is 38.8 Å². The zero-order chi connectivity index (χ0) is 17.5. The minimum atomic E-state index is -0.847. The van der Waals surface area contributed by atoms with Gasteiger partial charge in [0.15, 0.2) is 6.10 Å². The smallest absolute Gasteiger partial charge is 0.317 e. The maximum atomic E-state index is 12.1. The van der Waals surface area contributed by atoms with E-state index in [0.717, 1.165) is 35.8 Å². The SMILES string of the molecule is Cc1ccc(NC(=O)[C@H](C)OC(=O)CSC(=S)N2CCCC2)cc1. The van der Waals surface area contributed by atoms with E-state index in [9.17, 15) is 9.59 Å². The second-order valence-corrected chi connectivity index (χ2v) is 7.35. The van der Waals surface area contributed by atoms with Crippen molar-refractivity contribution >= 4 is 45.9 Å². The first-order valence-corrected chi connectivity index (χ1v) is 9.34. The van der Waals surface area contributed by atoms with E-state index in [1.54, 1.807) is 6.92 Å². The molecule has 0 saturated carbocycles. The maximum Gasteiger partial charge on any atom is 0.317 e. The summed E-state index contributed by atoms with van der Waals surface area (Å²) in [5.74, 6) is -0.662. The van der Waals surface area contributed by atoms with Crippen LogP contribution < -0.4 is 5.32 Å².